The van der Waals surface area contributed by atoms with Crippen LogP contribution in [0.2, 0.25) is 5.02 Å². The van der Waals surface area contributed by atoms with Gasteiger partial charge in [0.05, 0.1) is 12.1 Å². The van der Waals surface area contributed by atoms with E-state index in [-0.39, 0.29) is 0 Å². The Morgan fingerprint density at radius 2 is 2.21 bits per heavy atom. The van der Waals surface area contributed by atoms with Crippen LogP contribution in [0.4, 0.5) is 0 Å². The molecule has 1 aromatic carbocycles. The summed E-state index contributed by atoms with van der Waals surface area (Å²) in [5, 5.41) is 0.534. The maximum Gasteiger partial charge on any atom is 0.384 e. The van der Waals surface area contributed by atoms with Crippen LogP contribution in [0.1, 0.15) is 11.1 Å². The molecule has 1 rings (SSSR count). The van der Waals surface area contributed by atoms with Gasteiger partial charge in [-0.05, 0) is 24.6 Å². The lowest BCUT2D eigenvalue weighted by molar-refractivity contribution is -0.133. The molecule has 0 bridgehead atoms. The van der Waals surface area contributed by atoms with Crippen LogP contribution < -0.4 is 0 Å². The third kappa shape index (κ3) is 2.79. The zero-order chi connectivity index (χ0) is 10.6. The molecule has 0 saturated heterocycles. The van der Waals surface area contributed by atoms with Gasteiger partial charge in [-0.3, -0.25) is 0 Å². The molecule has 0 aliphatic rings. The minimum Gasteiger partial charge on any atom is -0.459 e. The third-order valence-electron chi connectivity index (χ3n) is 1.61. The predicted octanol–water partition coefficient (Wildman–Crippen LogP) is 2.17. The number of rotatable bonds is 0. The fourth-order valence-corrected chi connectivity index (χ4v) is 1.07. The molecule has 14 heavy (non-hydrogen) atoms. The number of benzene rings is 1. The molecule has 0 spiro atoms. The molecule has 0 N–H and O–H groups in total. The summed E-state index contributed by atoms with van der Waals surface area (Å²) in [7, 11) is 1.29. The van der Waals surface area contributed by atoms with Gasteiger partial charge in [-0.15, -0.1) is 0 Å². The minimum absolute atomic E-state index is 0.534. The van der Waals surface area contributed by atoms with E-state index in [0.717, 1.165) is 5.56 Å². The number of methoxy groups -OCH3 is 1. The van der Waals surface area contributed by atoms with E-state index in [4.69, 9.17) is 11.6 Å². The lowest BCUT2D eigenvalue weighted by Crippen LogP contribution is -1.94. The molecule has 0 atom stereocenters. The van der Waals surface area contributed by atoms with Gasteiger partial charge in [0.25, 0.3) is 0 Å². The lowest BCUT2D eigenvalue weighted by Gasteiger charge is -1.96. The van der Waals surface area contributed by atoms with Gasteiger partial charge in [0.15, 0.2) is 0 Å². The fourth-order valence-electron chi connectivity index (χ4n) is 0.904. The van der Waals surface area contributed by atoms with Crippen molar-refractivity contribution in [3.63, 3.8) is 0 Å². The van der Waals surface area contributed by atoms with E-state index in [9.17, 15) is 4.79 Å². The summed E-state index contributed by atoms with van der Waals surface area (Å²) in [6.07, 6.45) is 0. The second-order valence-corrected chi connectivity index (χ2v) is 3.13. The molecule has 0 saturated carbocycles. The van der Waals surface area contributed by atoms with Crippen molar-refractivity contribution in [2.24, 2.45) is 0 Å². The summed E-state index contributed by atoms with van der Waals surface area (Å²) in [5.74, 6) is 4.40. The van der Waals surface area contributed by atoms with Crippen LogP contribution in [0.25, 0.3) is 0 Å². The van der Waals surface area contributed by atoms with Gasteiger partial charge in [0, 0.05) is 11.5 Å². The molecule has 0 aliphatic heterocycles. The molecule has 0 aliphatic carbocycles. The Kier molecular flexibility index (Phi) is 3.55. The highest BCUT2D eigenvalue weighted by atomic mass is 35.5. The van der Waals surface area contributed by atoms with Gasteiger partial charge in [0.2, 0.25) is 0 Å². The first-order valence-electron chi connectivity index (χ1n) is 3.99. The zero-order valence-corrected chi connectivity index (χ0v) is 8.68. The van der Waals surface area contributed by atoms with Crippen molar-refractivity contribution in [2.45, 2.75) is 6.92 Å². The van der Waals surface area contributed by atoms with Crippen molar-refractivity contribution in [2.75, 3.05) is 7.11 Å². The summed E-state index contributed by atoms with van der Waals surface area (Å²) < 4.78 is 4.39. The molecule has 2 nitrogen and oxygen atoms in total. The Labute approximate surface area is 87.8 Å². The molecule has 0 fully saturated rings. The van der Waals surface area contributed by atoms with Crippen molar-refractivity contribution in [3.05, 3.63) is 34.3 Å². The smallest absolute Gasteiger partial charge is 0.384 e. The highest BCUT2D eigenvalue weighted by molar-refractivity contribution is 6.31. The van der Waals surface area contributed by atoms with Gasteiger partial charge >= 0.3 is 5.97 Å². The van der Waals surface area contributed by atoms with E-state index in [1.807, 2.05) is 19.1 Å². The molecule has 0 unspecified atom stereocenters. The van der Waals surface area contributed by atoms with E-state index in [2.05, 4.69) is 16.6 Å². The summed E-state index contributed by atoms with van der Waals surface area (Å²) >= 11 is 5.87. The first-order chi connectivity index (χ1) is 6.63. The molecule has 1 aromatic rings. The standard InChI is InChI=1S/C11H9ClO2/c1-8-3-5-10(12)9(7-8)4-6-11(13)14-2/h3,5,7H,1-2H3. The molecular weight excluding hydrogens is 200 g/mol. The predicted molar refractivity (Wildman–Crippen MR) is 55.1 cm³/mol. The van der Waals surface area contributed by atoms with Gasteiger partial charge in [-0.2, -0.15) is 0 Å². The molecule has 0 heterocycles. The van der Waals surface area contributed by atoms with Crippen LogP contribution in [0, 0.1) is 18.8 Å². The van der Waals surface area contributed by atoms with E-state index in [1.54, 1.807) is 6.07 Å². The number of ether oxygens (including phenoxy) is 1. The summed E-state index contributed by atoms with van der Waals surface area (Å²) in [6.45, 7) is 1.93. The molecule has 72 valence electrons. The number of aryl methyl sites for hydroxylation is 1. The summed E-state index contributed by atoms with van der Waals surface area (Å²) in [6, 6.07) is 5.45. The summed E-state index contributed by atoms with van der Waals surface area (Å²) in [4.78, 5) is 10.7. The van der Waals surface area contributed by atoms with E-state index < -0.39 is 5.97 Å². The number of halogens is 1. The minimum atomic E-state index is -0.567. The van der Waals surface area contributed by atoms with Crippen LogP contribution in [-0.4, -0.2) is 13.1 Å². The van der Waals surface area contributed by atoms with Gasteiger partial charge < -0.3 is 4.74 Å². The Bertz CT molecular complexity index is 413. The van der Waals surface area contributed by atoms with Crippen LogP contribution in [0.5, 0.6) is 0 Å². The monoisotopic (exact) mass is 208 g/mol. The first kappa shape index (κ1) is 10.6. The maximum absolute atomic E-state index is 10.7. The Morgan fingerprint density at radius 3 is 2.86 bits per heavy atom. The van der Waals surface area contributed by atoms with Crippen molar-refractivity contribution in [1.29, 1.82) is 0 Å². The van der Waals surface area contributed by atoms with Gasteiger partial charge in [0.1, 0.15) is 0 Å². The first-order valence-corrected chi connectivity index (χ1v) is 4.37. The molecule has 0 radical (unpaired) electrons. The number of hydrogen-bond acceptors (Lipinski definition) is 2. The topological polar surface area (TPSA) is 26.3 Å². The van der Waals surface area contributed by atoms with E-state index in [0.29, 0.717) is 10.6 Å². The van der Waals surface area contributed by atoms with Crippen molar-refractivity contribution in [3.8, 4) is 11.8 Å². The van der Waals surface area contributed by atoms with Crippen molar-refractivity contribution >= 4 is 17.6 Å². The average molecular weight is 209 g/mol. The van der Waals surface area contributed by atoms with Crippen LogP contribution in [0.3, 0.4) is 0 Å². The van der Waals surface area contributed by atoms with E-state index >= 15 is 0 Å². The molecule has 3 heteroatoms. The average Bonchev–Trinajstić information content (AvgIpc) is 2.19. The second-order valence-electron chi connectivity index (χ2n) is 2.72. The van der Waals surface area contributed by atoms with Crippen molar-refractivity contribution < 1.29 is 9.53 Å². The van der Waals surface area contributed by atoms with Crippen molar-refractivity contribution in [1.82, 2.24) is 0 Å². The fraction of sp³-hybridized carbons (Fsp3) is 0.182. The number of hydrogen-bond donors (Lipinski definition) is 0. The number of carbonyl (C=O) groups excluding carboxylic acids is 1. The number of carbonyl (C=O) groups is 1. The lowest BCUT2D eigenvalue weighted by atomic mass is 10.1. The van der Waals surface area contributed by atoms with Gasteiger partial charge in [-0.1, -0.05) is 23.6 Å². The Hall–Kier alpha value is -1.46. The van der Waals surface area contributed by atoms with Crippen LogP contribution in [-0.2, 0) is 9.53 Å². The molecular formula is C11H9ClO2. The molecule has 0 amide bonds. The normalized spacial score (nSPS) is 8.79. The van der Waals surface area contributed by atoms with Crippen LogP contribution in [0.15, 0.2) is 18.2 Å². The van der Waals surface area contributed by atoms with E-state index in [1.165, 1.54) is 7.11 Å². The highest BCUT2D eigenvalue weighted by Crippen LogP contribution is 2.15. The second kappa shape index (κ2) is 4.69. The molecule has 0 aromatic heterocycles. The quantitative estimate of drug-likeness (QED) is 0.483. The Morgan fingerprint density at radius 1 is 1.50 bits per heavy atom. The zero-order valence-electron chi connectivity index (χ0n) is 7.93. The highest BCUT2D eigenvalue weighted by Gasteiger charge is 1.97. The third-order valence-corrected chi connectivity index (χ3v) is 1.94. The maximum atomic E-state index is 10.7. The summed E-state index contributed by atoms with van der Waals surface area (Å²) in [5.41, 5.74) is 1.68. The van der Waals surface area contributed by atoms with Gasteiger partial charge in [-0.25, -0.2) is 4.79 Å². The van der Waals surface area contributed by atoms with Crippen LogP contribution >= 0.6 is 11.6 Å². The number of esters is 1. The SMILES string of the molecule is COC(=O)C#Cc1cc(C)ccc1Cl. The largest absolute Gasteiger partial charge is 0.459 e. The Balaban J connectivity index is 3.00.